The molecule has 0 radical (unpaired) electrons. The molecule has 0 saturated heterocycles. The Kier molecular flexibility index (Phi) is 16.5. The first-order chi connectivity index (χ1) is 23.3. The number of benzene rings is 2. The van der Waals surface area contributed by atoms with Crippen LogP contribution in [0.2, 0.25) is 0 Å². The molecule has 0 aromatic heterocycles. The number of carboxylic acid groups (broad SMARTS) is 2. The standard InChI is InChI=1S/C32H41N5O12/c38-21-8-4-19(5-9-21)17-24(34-26(40)12-14-28(42)43)30(46)33-16-2-1-3-23(32(48)37-49)36-31(47)25(35-27(41)13-15-29(44)45)18-20-6-10-22(39)11-7-20/h4-11,23-25,38-39,49H,1-3,12-18H2,(H,33,46)(H,34,40)(H,35,41)(H,36,47)(H,37,48)(H,42,43)(H,44,45)/t23-,24-,25-/m0/s1. The SMILES string of the molecule is O=C(O)CCC(=O)N[C@@H](Cc1ccc(O)cc1)C(=O)NCCCC[C@H](NC(=O)[C@H](Cc1ccc(O)cc1)NC(=O)CCC(=O)O)C(=O)NO. The number of carbonyl (C=O) groups is 7. The van der Waals surface area contributed by atoms with Crippen LogP contribution in [0, 0.1) is 0 Å². The zero-order chi connectivity index (χ0) is 36.3. The summed E-state index contributed by atoms with van der Waals surface area (Å²) in [5, 5.41) is 56.2. The largest absolute Gasteiger partial charge is 0.508 e. The van der Waals surface area contributed by atoms with E-state index in [1.54, 1.807) is 12.1 Å². The van der Waals surface area contributed by atoms with Crippen molar-refractivity contribution >= 4 is 41.5 Å². The summed E-state index contributed by atoms with van der Waals surface area (Å²) in [5.41, 5.74) is 2.64. The van der Waals surface area contributed by atoms with Crippen molar-refractivity contribution < 1.29 is 59.2 Å². The molecule has 5 amide bonds. The highest BCUT2D eigenvalue weighted by Crippen LogP contribution is 2.13. The average molecular weight is 688 g/mol. The van der Waals surface area contributed by atoms with Crippen LogP contribution in [0.15, 0.2) is 48.5 Å². The summed E-state index contributed by atoms with van der Waals surface area (Å²) in [6.45, 7) is 0.0838. The molecule has 10 N–H and O–H groups in total. The molecule has 0 heterocycles. The van der Waals surface area contributed by atoms with Crippen molar-refractivity contribution in [3.8, 4) is 11.5 Å². The third-order valence-electron chi connectivity index (χ3n) is 7.15. The molecule has 0 fully saturated rings. The number of hydrogen-bond donors (Lipinski definition) is 10. The summed E-state index contributed by atoms with van der Waals surface area (Å²) in [6.07, 6.45) is -1.11. The molecular weight excluding hydrogens is 646 g/mol. The second-order valence-corrected chi connectivity index (χ2v) is 11.1. The van der Waals surface area contributed by atoms with Gasteiger partial charge in [-0.1, -0.05) is 24.3 Å². The van der Waals surface area contributed by atoms with Gasteiger partial charge in [-0.05, 0) is 54.7 Å². The average Bonchev–Trinajstić information content (AvgIpc) is 3.06. The molecule has 0 spiro atoms. The van der Waals surface area contributed by atoms with Gasteiger partial charge in [0.2, 0.25) is 23.6 Å². The van der Waals surface area contributed by atoms with Crippen LogP contribution in [0.1, 0.15) is 56.1 Å². The van der Waals surface area contributed by atoms with E-state index in [4.69, 9.17) is 10.2 Å². The molecule has 0 saturated carbocycles. The van der Waals surface area contributed by atoms with E-state index in [9.17, 15) is 49.0 Å². The van der Waals surface area contributed by atoms with Crippen molar-refractivity contribution in [2.24, 2.45) is 0 Å². The van der Waals surface area contributed by atoms with Gasteiger partial charge in [-0.15, -0.1) is 0 Å². The topological polar surface area (TPSA) is 281 Å². The van der Waals surface area contributed by atoms with Crippen molar-refractivity contribution in [2.75, 3.05) is 6.54 Å². The molecule has 0 bridgehead atoms. The Morgan fingerprint density at radius 1 is 0.551 bits per heavy atom. The Bertz CT molecular complexity index is 1450. The van der Waals surface area contributed by atoms with Crippen LogP contribution in [0.25, 0.3) is 0 Å². The van der Waals surface area contributed by atoms with Crippen molar-refractivity contribution in [1.29, 1.82) is 0 Å². The molecule has 0 aliphatic heterocycles. The van der Waals surface area contributed by atoms with Crippen LogP contribution in [0.3, 0.4) is 0 Å². The number of aromatic hydroxyl groups is 2. The van der Waals surface area contributed by atoms with Gasteiger partial charge in [0, 0.05) is 32.2 Å². The van der Waals surface area contributed by atoms with Gasteiger partial charge in [-0.25, -0.2) is 5.48 Å². The number of nitrogens with one attached hydrogen (secondary N) is 5. The fourth-order valence-electron chi connectivity index (χ4n) is 4.56. The lowest BCUT2D eigenvalue weighted by atomic mass is 10.0. The van der Waals surface area contributed by atoms with Crippen LogP contribution < -0.4 is 26.7 Å². The number of hydrogen-bond acceptors (Lipinski definition) is 10. The number of rotatable bonds is 21. The van der Waals surface area contributed by atoms with E-state index >= 15 is 0 Å². The minimum Gasteiger partial charge on any atom is -0.508 e. The molecule has 3 atom stereocenters. The van der Waals surface area contributed by atoms with Gasteiger partial charge in [0.05, 0.1) is 12.8 Å². The van der Waals surface area contributed by atoms with Crippen LogP contribution in [-0.4, -0.2) is 91.8 Å². The first kappa shape index (κ1) is 39.5. The second kappa shape index (κ2) is 20.5. The van der Waals surface area contributed by atoms with E-state index < -0.39 is 78.9 Å². The van der Waals surface area contributed by atoms with Gasteiger partial charge in [0.1, 0.15) is 29.6 Å². The van der Waals surface area contributed by atoms with Crippen LogP contribution in [-0.2, 0) is 46.4 Å². The predicted molar refractivity (Wildman–Crippen MR) is 170 cm³/mol. The predicted octanol–water partition coefficient (Wildman–Crippen LogP) is -0.141. The summed E-state index contributed by atoms with van der Waals surface area (Å²) < 4.78 is 0. The number of phenols is 2. The number of hydroxylamine groups is 1. The van der Waals surface area contributed by atoms with Gasteiger partial charge in [0.15, 0.2) is 0 Å². The van der Waals surface area contributed by atoms with E-state index in [2.05, 4.69) is 21.3 Å². The van der Waals surface area contributed by atoms with Crippen molar-refractivity contribution in [3.05, 3.63) is 59.7 Å². The number of amides is 5. The van der Waals surface area contributed by atoms with Gasteiger partial charge in [-0.2, -0.15) is 0 Å². The summed E-state index contributed by atoms with van der Waals surface area (Å²) in [4.78, 5) is 84.9. The maximum Gasteiger partial charge on any atom is 0.303 e. The molecule has 0 unspecified atom stereocenters. The highest BCUT2D eigenvalue weighted by Gasteiger charge is 2.27. The maximum atomic E-state index is 13.2. The molecule has 2 aromatic rings. The number of aliphatic carboxylic acids is 2. The quantitative estimate of drug-likeness (QED) is 0.0466. The number of carboxylic acids is 2. The van der Waals surface area contributed by atoms with Crippen molar-refractivity contribution in [2.45, 2.75) is 75.9 Å². The molecule has 0 aliphatic rings. The lowest BCUT2D eigenvalue weighted by molar-refractivity contribution is -0.139. The molecule has 2 aromatic carbocycles. The molecule has 2 rings (SSSR count). The first-order valence-corrected chi connectivity index (χ1v) is 15.4. The van der Waals surface area contributed by atoms with Crippen LogP contribution in [0.4, 0.5) is 0 Å². The fourth-order valence-corrected chi connectivity index (χ4v) is 4.56. The summed E-state index contributed by atoms with van der Waals surface area (Å²) in [7, 11) is 0. The number of unbranched alkanes of at least 4 members (excludes halogenated alkanes) is 1. The first-order valence-electron chi connectivity index (χ1n) is 15.4. The zero-order valence-corrected chi connectivity index (χ0v) is 26.5. The third kappa shape index (κ3) is 15.6. The normalized spacial score (nSPS) is 12.4. The fraction of sp³-hybridized carbons (Fsp3) is 0.406. The molecule has 49 heavy (non-hydrogen) atoms. The van der Waals surface area contributed by atoms with E-state index in [0.717, 1.165) is 0 Å². The Balaban J connectivity index is 2.00. The van der Waals surface area contributed by atoms with Crippen LogP contribution in [0.5, 0.6) is 11.5 Å². The Morgan fingerprint density at radius 2 is 1.00 bits per heavy atom. The monoisotopic (exact) mass is 687 g/mol. The summed E-state index contributed by atoms with van der Waals surface area (Å²) in [6, 6.07) is 8.18. The van der Waals surface area contributed by atoms with E-state index in [1.165, 1.54) is 41.9 Å². The Morgan fingerprint density at radius 3 is 1.43 bits per heavy atom. The Labute approximate surface area is 281 Å². The molecule has 266 valence electrons. The van der Waals surface area contributed by atoms with E-state index in [1.807, 2.05) is 0 Å². The highest BCUT2D eigenvalue weighted by atomic mass is 16.5. The highest BCUT2D eigenvalue weighted by molar-refractivity contribution is 5.92. The Hall–Kier alpha value is -5.71. The van der Waals surface area contributed by atoms with Gasteiger partial charge < -0.3 is 41.7 Å². The smallest absolute Gasteiger partial charge is 0.303 e. The van der Waals surface area contributed by atoms with E-state index in [-0.39, 0.29) is 50.1 Å². The van der Waals surface area contributed by atoms with Crippen molar-refractivity contribution in [1.82, 2.24) is 26.7 Å². The van der Waals surface area contributed by atoms with Crippen LogP contribution >= 0.6 is 0 Å². The zero-order valence-electron chi connectivity index (χ0n) is 26.5. The van der Waals surface area contributed by atoms with E-state index in [0.29, 0.717) is 17.5 Å². The summed E-state index contributed by atoms with van der Waals surface area (Å²) >= 11 is 0. The minimum absolute atomic E-state index is 0.00421. The third-order valence-corrected chi connectivity index (χ3v) is 7.15. The second-order valence-electron chi connectivity index (χ2n) is 11.1. The van der Waals surface area contributed by atoms with Crippen molar-refractivity contribution in [3.63, 3.8) is 0 Å². The molecule has 17 heteroatoms. The molecular formula is C32H41N5O12. The minimum atomic E-state index is -1.26. The number of carbonyl (C=O) groups excluding carboxylic acids is 5. The molecule has 0 aliphatic carbocycles. The maximum absolute atomic E-state index is 13.2. The van der Waals surface area contributed by atoms with Gasteiger partial charge in [-0.3, -0.25) is 38.8 Å². The lowest BCUT2D eigenvalue weighted by Gasteiger charge is -2.23. The van der Waals surface area contributed by atoms with Gasteiger partial charge in [0.25, 0.3) is 5.91 Å². The van der Waals surface area contributed by atoms with Gasteiger partial charge >= 0.3 is 11.9 Å². The summed E-state index contributed by atoms with van der Waals surface area (Å²) in [5.74, 6) is -6.08. The lowest BCUT2D eigenvalue weighted by Crippen LogP contribution is -2.54. The molecule has 17 nitrogen and oxygen atoms in total. The number of phenolic OH excluding ortho intramolecular Hbond substituents is 2.